The molecule has 0 aliphatic rings. The van der Waals surface area contributed by atoms with Crippen LogP contribution in [-0.2, 0) is 4.79 Å². The molecule has 0 heterocycles. The summed E-state index contributed by atoms with van der Waals surface area (Å²) < 4.78 is 18.4. The van der Waals surface area contributed by atoms with Gasteiger partial charge in [-0.25, -0.2) is 4.39 Å². The number of halogens is 1. The van der Waals surface area contributed by atoms with E-state index in [1.54, 1.807) is 25.3 Å². The average Bonchev–Trinajstić information content (AvgIpc) is 2.30. The van der Waals surface area contributed by atoms with Crippen molar-refractivity contribution in [3.8, 4) is 5.75 Å². The largest absolute Gasteiger partial charge is 0.497 e. The topological polar surface area (TPSA) is 26.3 Å². The predicted octanol–water partition coefficient (Wildman–Crippen LogP) is 3.52. The van der Waals surface area contributed by atoms with Crippen molar-refractivity contribution >= 4 is 23.0 Å². The van der Waals surface area contributed by atoms with E-state index in [-0.39, 0.29) is 10.9 Å². The van der Waals surface area contributed by atoms with E-state index in [9.17, 15) is 9.18 Å². The Labute approximate surface area is 105 Å². The zero-order valence-electron chi connectivity index (χ0n) is 9.90. The molecule has 0 aliphatic carbocycles. The third-order valence-electron chi connectivity index (χ3n) is 2.09. The summed E-state index contributed by atoms with van der Waals surface area (Å²) in [6, 6.07) is 4.60. The molecule has 0 amide bonds. The van der Waals surface area contributed by atoms with Crippen molar-refractivity contribution in [3.63, 3.8) is 0 Å². The first-order valence-electron chi connectivity index (χ1n) is 5.27. The number of carbonyl (C=O) groups is 1. The van der Waals surface area contributed by atoms with Crippen LogP contribution in [-0.4, -0.2) is 18.0 Å². The summed E-state index contributed by atoms with van der Waals surface area (Å²) in [7, 11) is 1.55. The molecule has 0 aromatic heterocycles. The quantitative estimate of drug-likeness (QED) is 0.752. The third kappa shape index (κ3) is 5.04. The Morgan fingerprint density at radius 1 is 1.53 bits per heavy atom. The minimum atomic E-state index is -0.277. The Hall–Kier alpha value is -1.29. The maximum Gasteiger partial charge on any atom is 0.185 e. The summed E-state index contributed by atoms with van der Waals surface area (Å²) in [5.74, 6) is 1.07. The molecule has 0 N–H and O–H groups in total. The van der Waals surface area contributed by atoms with Crippen molar-refractivity contribution in [1.82, 2.24) is 0 Å². The van der Waals surface area contributed by atoms with Crippen LogP contribution in [0.5, 0.6) is 5.75 Å². The first-order valence-corrected chi connectivity index (χ1v) is 6.25. The van der Waals surface area contributed by atoms with Gasteiger partial charge in [0.2, 0.25) is 0 Å². The van der Waals surface area contributed by atoms with Crippen LogP contribution in [0.1, 0.15) is 18.9 Å². The van der Waals surface area contributed by atoms with Gasteiger partial charge in [0.1, 0.15) is 11.6 Å². The number of carbonyl (C=O) groups excluding carboxylic acids is 1. The molecule has 1 aromatic carbocycles. The first-order chi connectivity index (χ1) is 8.13. The smallest absolute Gasteiger partial charge is 0.185 e. The van der Waals surface area contributed by atoms with E-state index in [0.29, 0.717) is 11.3 Å². The van der Waals surface area contributed by atoms with Gasteiger partial charge in [-0.2, -0.15) is 0 Å². The van der Waals surface area contributed by atoms with Gasteiger partial charge in [-0.15, -0.1) is 0 Å². The number of ether oxygens (including phenoxy) is 1. The predicted molar refractivity (Wildman–Crippen MR) is 69.7 cm³/mol. The zero-order valence-corrected chi connectivity index (χ0v) is 10.7. The van der Waals surface area contributed by atoms with Crippen molar-refractivity contribution in [2.45, 2.75) is 13.3 Å². The van der Waals surface area contributed by atoms with Crippen LogP contribution < -0.4 is 4.74 Å². The Morgan fingerprint density at radius 3 is 2.94 bits per heavy atom. The third-order valence-corrected chi connectivity index (χ3v) is 2.94. The fraction of sp³-hybridized carbons (Fsp3) is 0.308. The Balaban J connectivity index is 2.55. The Kier molecular flexibility index (Phi) is 5.77. The molecule has 92 valence electrons. The second-order valence-electron chi connectivity index (χ2n) is 3.42. The first kappa shape index (κ1) is 13.8. The molecule has 17 heavy (non-hydrogen) atoms. The highest BCUT2D eigenvalue weighted by atomic mass is 32.2. The molecule has 1 aromatic rings. The minimum absolute atomic E-state index is 0.103. The standard InChI is InChI=1S/C13H15FO2S/c1-10(15)17-8-4-3-5-11-9-12(16-2)6-7-13(11)14/h3,5-7,9H,4,8H2,1-2H3. The summed E-state index contributed by atoms with van der Waals surface area (Å²) in [6.45, 7) is 1.54. The van der Waals surface area contributed by atoms with E-state index in [1.165, 1.54) is 24.8 Å². The molecule has 0 radical (unpaired) electrons. The summed E-state index contributed by atoms with van der Waals surface area (Å²) in [5, 5.41) is 0.103. The molecule has 0 bridgehead atoms. The van der Waals surface area contributed by atoms with Crippen molar-refractivity contribution in [1.29, 1.82) is 0 Å². The molecule has 4 heteroatoms. The molecule has 0 saturated heterocycles. The lowest BCUT2D eigenvalue weighted by atomic mass is 10.2. The highest BCUT2D eigenvalue weighted by molar-refractivity contribution is 8.13. The van der Waals surface area contributed by atoms with Crippen molar-refractivity contribution in [2.75, 3.05) is 12.9 Å². The van der Waals surface area contributed by atoms with Crippen LogP contribution in [0.25, 0.3) is 6.08 Å². The van der Waals surface area contributed by atoms with Crippen molar-refractivity contribution in [2.24, 2.45) is 0 Å². The van der Waals surface area contributed by atoms with Gasteiger partial charge in [0.25, 0.3) is 0 Å². The molecule has 0 atom stereocenters. The van der Waals surface area contributed by atoms with Crippen LogP contribution in [0.3, 0.4) is 0 Å². The van der Waals surface area contributed by atoms with Crippen LogP contribution in [0.15, 0.2) is 24.3 Å². The molecule has 0 aliphatic heterocycles. The molecule has 1 rings (SSSR count). The lowest BCUT2D eigenvalue weighted by Crippen LogP contribution is -1.87. The number of hydrogen-bond donors (Lipinski definition) is 0. The number of thioether (sulfide) groups is 1. The number of allylic oxidation sites excluding steroid dienone is 1. The van der Waals surface area contributed by atoms with Gasteiger partial charge < -0.3 is 4.74 Å². The van der Waals surface area contributed by atoms with Gasteiger partial charge >= 0.3 is 0 Å². The summed E-state index contributed by atoms with van der Waals surface area (Å²) in [6.07, 6.45) is 4.30. The number of methoxy groups -OCH3 is 1. The monoisotopic (exact) mass is 254 g/mol. The second-order valence-corrected chi connectivity index (χ2v) is 4.69. The normalized spacial score (nSPS) is 10.8. The summed E-state index contributed by atoms with van der Waals surface area (Å²) >= 11 is 1.27. The van der Waals surface area contributed by atoms with Crippen molar-refractivity contribution in [3.05, 3.63) is 35.7 Å². The SMILES string of the molecule is COc1ccc(F)c(C=CCCSC(C)=O)c1. The van der Waals surface area contributed by atoms with Crippen LogP contribution in [0.2, 0.25) is 0 Å². The zero-order chi connectivity index (χ0) is 12.7. The van der Waals surface area contributed by atoms with Gasteiger partial charge in [0.15, 0.2) is 5.12 Å². The van der Waals surface area contributed by atoms with Crippen LogP contribution in [0.4, 0.5) is 4.39 Å². The summed E-state index contributed by atoms with van der Waals surface area (Å²) in [4.78, 5) is 10.7. The average molecular weight is 254 g/mol. The number of rotatable bonds is 5. The minimum Gasteiger partial charge on any atom is -0.497 e. The highest BCUT2D eigenvalue weighted by Crippen LogP contribution is 2.18. The molecule has 0 unspecified atom stereocenters. The van der Waals surface area contributed by atoms with Crippen LogP contribution in [0, 0.1) is 5.82 Å². The van der Waals surface area contributed by atoms with Gasteiger partial charge in [0, 0.05) is 18.2 Å². The van der Waals surface area contributed by atoms with Gasteiger partial charge in [0.05, 0.1) is 7.11 Å². The van der Waals surface area contributed by atoms with E-state index in [1.807, 2.05) is 6.08 Å². The van der Waals surface area contributed by atoms with Gasteiger partial charge in [-0.05, 0) is 24.6 Å². The Bertz CT molecular complexity index is 416. The molecule has 0 saturated carbocycles. The van der Waals surface area contributed by atoms with E-state index < -0.39 is 0 Å². The molecule has 0 fully saturated rings. The van der Waals surface area contributed by atoms with E-state index in [0.717, 1.165) is 12.2 Å². The maximum atomic E-state index is 13.4. The van der Waals surface area contributed by atoms with E-state index >= 15 is 0 Å². The van der Waals surface area contributed by atoms with Gasteiger partial charge in [-0.3, -0.25) is 4.79 Å². The fourth-order valence-electron chi connectivity index (χ4n) is 1.26. The van der Waals surface area contributed by atoms with Crippen LogP contribution >= 0.6 is 11.8 Å². The Morgan fingerprint density at radius 2 is 2.29 bits per heavy atom. The number of hydrogen-bond acceptors (Lipinski definition) is 3. The van der Waals surface area contributed by atoms with Gasteiger partial charge in [-0.1, -0.05) is 23.9 Å². The molecule has 0 spiro atoms. The van der Waals surface area contributed by atoms with E-state index in [2.05, 4.69) is 0 Å². The second kappa shape index (κ2) is 7.12. The van der Waals surface area contributed by atoms with E-state index in [4.69, 9.17) is 4.74 Å². The molecular formula is C13H15FO2S. The highest BCUT2D eigenvalue weighted by Gasteiger charge is 2.00. The molecular weight excluding hydrogens is 239 g/mol. The fourth-order valence-corrected chi connectivity index (χ4v) is 1.80. The lowest BCUT2D eigenvalue weighted by Gasteiger charge is -2.02. The molecule has 2 nitrogen and oxygen atoms in total. The maximum absolute atomic E-state index is 13.4. The van der Waals surface area contributed by atoms with Crippen molar-refractivity contribution < 1.29 is 13.9 Å². The number of benzene rings is 1. The summed E-state index contributed by atoms with van der Waals surface area (Å²) in [5.41, 5.74) is 0.497. The lowest BCUT2D eigenvalue weighted by molar-refractivity contribution is -0.109.